The van der Waals surface area contributed by atoms with Crippen molar-refractivity contribution < 1.29 is 15.1 Å². The molecule has 112 valence electrons. The number of rotatable bonds is 7. The van der Waals surface area contributed by atoms with E-state index in [1.165, 1.54) is 0 Å². The monoisotopic (exact) mass is 282 g/mol. The quantitative estimate of drug-likeness (QED) is 0.286. The number of aliphatic hydroxyl groups is 1. The molecule has 0 aromatic carbocycles. The highest BCUT2D eigenvalue weighted by Gasteiger charge is 2.18. The van der Waals surface area contributed by atoms with E-state index >= 15 is 0 Å². The maximum Gasteiger partial charge on any atom is 0.174 e. The number of hydrogen-bond donors (Lipinski definition) is 3. The smallest absolute Gasteiger partial charge is 0.174 e. The summed E-state index contributed by atoms with van der Waals surface area (Å²) >= 11 is 0. The predicted octanol–water partition coefficient (Wildman–Crippen LogP) is 0.238. The van der Waals surface area contributed by atoms with Crippen LogP contribution in [0.25, 0.3) is 0 Å². The summed E-state index contributed by atoms with van der Waals surface area (Å²) < 4.78 is 5.08. The molecule has 7 heteroatoms. The Kier molecular flexibility index (Phi) is 6.20. The minimum atomic E-state index is -0.000253. The van der Waals surface area contributed by atoms with Gasteiger partial charge in [-0.25, -0.2) is 0 Å². The number of aliphatic hydroxyl groups excluding tert-OH is 1. The molecule has 0 aliphatic rings. The number of ether oxygens (including phenoxy) is 1. The standard InChI is InChI=1S/C13H22N4O3/c1-9-8-11(17(4-6-18)5-7-20-3)12(10(2)15-9)13(14)16-19/h8,18-19H,4-7H2,1-3H3,(H2,14,16). The van der Waals surface area contributed by atoms with E-state index in [-0.39, 0.29) is 12.4 Å². The second-order valence-corrected chi connectivity index (χ2v) is 4.43. The van der Waals surface area contributed by atoms with Gasteiger partial charge in [-0.15, -0.1) is 0 Å². The van der Waals surface area contributed by atoms with Crippen molar-refractivity contribution in [2.75, 3.05) is 38.3 Å². The number of oxime groups is 1. The van der Waals surface area contributed by atoms with Crippen molar-refractivity contribution in [2.45, 2.75) is 13.8 Å². The van der Waals surface area contributed by atoms with Gasteiger partial charge < -0.3 is 25.7 Å². The molecule has 0 radical (unpaired) electrons. The average molecular weight is 282 g/mol. The lowest BCUT2D eigenvalue weighted by molar-refractivity contribution is 0.203. The minimum absolute atomic E-state index is 0.000253. The van der Waals surface area contributed by atoms with E-state index in [1.807, 2.05) is 17.9 Å². The SMILES string of the molecule is COCCN(CCO)c1cc(C)nc(C)c1/C(N)=N/O. The van der Waals surface area contributed by atoms with E-state index in [2.05, 4.69) is 10.1 Å². The molecule has 0 fully saturated rings. The molecule has 0 aliphatic carbocycles. The normalized spacial score (nSPS) is 11.7. The number of nitrogens with zero attached hydrogens (tertiary/aromatic N) is 3. The summed E-state index contributed by atoms with van der Waals surface area (Å²) in [6.07, 6.45) is 0. The molecule has 1 rings (SSSR count). The molecule has 0 spiro atoms. The third-order valence-corrected chi connectivity index (χ3v) is 2.95. The molecule has 0 amide bonds. The molecule has 0 atom stereocenters. The molecule has 1 heterocycles. The number of hydrogen-bond acceptors (Lipinski definition) is 6. The molecular weight excluding hydrogens is 260 g/mol. The van der Waals surface area contributed by atoms with E-state index in [0.717, 1.165) is 11.4 Å². The Hall–Kier alpha value is -1.86. The summed E-state index contributed by atoms with van der Waals surface area (Å²) in [5.74, 6) is 0.00496. The molecule has 0 aliphatic heterocycles. The van der Waals surface area contributed by atoms with E-state index in [1.54, 1.807) is 14.0 Å². The highest BCUT2D eigenvalue weighted by molar-refractivity contribution is 6.03. The number of nitrogens with two attached hydrogens (primary N) is 1. The van der Waals surface area contributed by atoms with Gasteiger partial charge in [0.1, 0.15) is 0 Å². The van der Waals surface area contributed by atoms with Crippen LogP contribution in [-0.2, 0) is 4.74 Å². The lowest BCUT2D eigenvalue weighted by Crippen LogP contribution is -2.33. The fourth-order valence-corrected chi connectivity index (χ4v) is 2.10. The zero-order valence-electron chi connectivity index (χ0n) is 12.1. The van der Waals surface area contributed by atoms with Crippen molar-refractivity contribution in [3.05, 3.63) is 23.0 Å². The Morgan fingerprint density at radius 3 is 2.70 bits per heavy atom. The minimum Gasteiger partial charge on any atom is -0.409 e. The molecule has 7 nitrogen and oxygen atoms in total. The van der Waals surface area contributed by atoms with Crippen LogP contribution in [-0.4, -0.2) is 54.5 Å². The summed E-state index contributed by atoms with van der Waals surface area (Å²) in [6, 6.07) is 1.85. The summed E-state index contributed by atoms with van der Waals surface area (Å²) in [5, 5.41) is 21.2. The third kappa shape index (κ3) is 3.82. The van der Waals surface area contributed by atoms with E-state index < -0.39 is 0 Å². The van der Waals surface area contributed by atoms with Gasteiger partial charge in [-0.2, -0.15) is 0 Å². The molecule has 4 N–H and O–H groups in total. The van der Waals surface area contributed by atoms with Gasteiger partial charge in [-0.1, -0.05) is 5.16 Å². The summed E-state index contributed by atoms with van der Waals surface area (Å²) in [7, 11) is 1.62. The number of anilines is 1. The van der Waals surface area contributed by atoms with Crippen LogP contribution in [0.15, 0.2) is 11.2 Å². The third-order valence-electron chi connectivity index (χ3n) is 2.95. The first-order chi connectivity index (χ1) is 9.54. The van der Waals surface area contributed by atoms with Gasteiger partial charge in [-0.3, -0.25) is 4.98 Å². The van der Waals surface area contributed by atoms with Gasteiger partial charge >= 0.3 is 0 Å². The second kappa shape index (κ2) is 7.66. The zero-order valence-corrected chi connectivity index (χ0v) is 12.1. The first kappa shape index (κ1) is 16.2. The van der Waals surface area contributed by atoms with Crippen LogP contribution in [0, 0.1) is 13.8 Å². The Morgan fingerprint density at radius 1 is 1.45 bits per heavy atom. The average Bonchev–Trinajstić information content (AvgIpc) is 2.41. The maximum absolute atomic E-state index is 9.21. The summed E-state index contributed by atoms with van der Waals surface area (Å²) in [4.78, 5) is 6.26. The van der Waals surface area contributed by atoms with E-state index in [0.29, 0.717) is 31.0 Å². The molecule has 0 bridgehead atoms. The Labute approximate surface area is 118 Å². The van der Waals surface area contributed by atoms with Gasteiger partial charge in [0.25, 0.3) is 0 Å². The number of methoxy groups -OCH3 is 1. The fourth-order valence-electron chi connectivity index (χ4n) is 2.10. The second-order valence-electron chi connectivity index (χ2n) is 4.43. The largest absolute Gasteiger partial charge is 0.409 e. The lowest BCUT2D eigenvalue weighted by atomic mass is 10.1. The summed E-state index contributed by atoms with van der Waals surface area (Å²) in [6.45, 7) is 5.21. The van der Waals surface area contributed by atoms with Gasteiger partial charge in [-0.05, 0) is 19.9 Å². The predicted molar refractivity (Wildman–Crippen MR) is 77.4 cm³/mol. The van der Waals surface area contributed by atoms with Gasteiger partial charge in [0.2, 0.25) is 0 Å². The van der Waals surface area contributed by atoms with Crippen LogP contribution >= 0.6 is 0 Å². The van der Waals surface area contributed by atoms with E-state index in [4.69, 9.17) is 15.7 Å². The number of aryl methyl sites for hydroxylation is 2. The van der Waals surface area contributed by atoms with Crippen LogP contribution in [0.5, 0.6) is 0 Å². The van der Waals surface area contributed by atoms with Crippen LogP contribution in [0.3, 0.4) is 0 Å². The topological polar surface area (TPSA) is 104 Å². The van der Waals surface area contributed by atoms with Crippen LogP contribution in [0.1, 0.15) is 17.0 Å². The number of amidine groups is 1. The molecule has 1 aromatic rings. The highest BCUT2D eigenvalue weighted by Crippen LogP contribution is 2.23. The Morgan fingerprint density at radius 2 is 2.15 bits per heavy atom. The highest BCUT2D eigenvalue weighted by atomic mass is 16.5. The van der Waals surface area contributed by atoms with Crippen molar-refractivity contribution in [3.63, 3.8) is 0 Å². The molecule has 0 saturated heterocycles. The molecule has 0 unspecified atom stereocenters. The number of pyridine rings is 1. The van der Waals surface area contributed by atoms with Crippen LogP contribution in [0.4, 0.5) is 5.69 Å². The molecular formula is C13H22N4O3. The molecule has 20 heavy (non-hydrogen) atoms. The van der Waals surface area contributed by atoms with E-state index in [9.17, 15) is 5.11 Å². The van der Waals surface area contributed by atoms with Crippen molar-refractivity contribution >= 4 is 11.5 Å². The zero-order chi connectivity index (χ0) is 15.1. The summed E-state index contributed by atoms with van der Waals surface area (Å²) in [5.41, 5.74) is 8.60. The first-order valence-electron chi connectivity index (χ1n) is 6.36. The molecule has 0 saturated carbocycles. The van der Waals surface area contributed by atoms with Crippen LogP contribution < -0.4 is 10.6 Å². The molecule has 1 aromatic heterocycles. The van der Waals surface area contributed by atoms with Gasteiger partial charge in [0, 0.05) is 25.9 Å². The van der Waals surface area contributed by atoms with Crippen LogP contribution in [0.2, 0.25) is 0 Å². The van der Waals surface area contributed by atoms with Crippen molar-refractivity contribution in [1.82, 2.24) is 4.98 Å². The van der Waals surface area contributed by atoms with Crippen molar-refractivity contribution in [1.29, 1.82) is 0 Å². The fraction of sp³-hybridized carbons (Fsp3) is 0.538. The van der Waals surface area contributed by atoms with Crippen molar-refractivity contribution in [3.8, 4) is 0 Å². The Balaban J connectivity index is 3.30. The van der Waals surface area contributed by atoms with Crippen molar-refractivity contribution in [2.24, 2.45) is 10.9 Å². The van der Waals surface area contributed by atoms with Gasteiger partial charge in [0.15, 0.2) is 5.84 Å². The first-order valence-corrected chi connectivity index (χ1v) is 6.36. The lowest BCUT2D eigenvalue weighted by Gasteiger charge is -2.27. The Bertz CT molecular complexity index is 477. The maximum atomic E-state index is 9.21. The number of aromatic nitrogens is 1. The van der Waals surface area contributed by atoms with Gasteiger partial charge in [0.05, 0.1) is 30.2 Å².